The van der Waals surface area contributed by atoms with Crippen molar-refractivity contribution < 1.29 is 22.7 Å². The van der Waals surface area contributed by atoms with Crippen LogP contribution in [-0.2, 0) is 32.6 Å². The topological polar surface area (TPSA) is 96.0 Å². The van der Waals surface area contributed by atoms with E-state index in [-0.39, 0.29) is 24.9 Å². The number of halogens is 1. The number of carbonyl (C=O) groups is 2. The Bertz CT molecular complexity index is 1430. The summed E-state index contributed by atoms with van der Waals surface area (Å²) in [5, 5.41) is 2.94. The smallest absolute Gasteiger partial charge is 0.244 e. The van der Waals surface area contributed by atoms with Gasteiger partial charge < -0.3 is 15.0 Å². The molecule has 0 aliphatic carbocycles. The van der Waals surface area contributed by atoms with Gasteiger partial charge in [-0.05, 0) is 67.8 Å². The molecule has 1 N–H and O–H groups in total. The fourth-order valence-electron chi connectivity index (χ4n) is 4.30. The van der Waals surface area contributed by atoms with Gasteiger partial charge in [0.15, 0.2) is 0 Å². The number of nitrogens with one attached hydrogen (secondary N) is 1. The molecular weight excluding hydrogens is 594 g/mol. The minimum absolute atomic E-state index is 0.0794. The Balaban J connectivity index is 2.08. The molecule has 0 fully saturated rings. The molecule has 0 aliphatic heterocycles. The number of aryl methyl sites for hydroxylation is 1. The molecular formula is C30H36BrN3O5S. The van der Waals surface area contributed by atoms with Crippen molar-refractivity contribution in [2.45, 2.75) is 45.8 Å². The molecule has 0 saturated carbocycles. The number of methoxy groups -OCH3 is 1. The maximum Gasteiger partial charge on any atom is 0.244 e. The van der Waals surface area contributed by atoms with E-state index in [0.29, 0.717) is 11.4 Å². The first-order chi connectivity index (χ1) is 18.9. The summed E-state index contributed by atoms with van der Waals surface area (Å²) in [6, 6.07) is 20.7. The van der Waals surface area contributed by atoms with E-state index in [1.54, 1.807) is 37.4 Å². The average molecular weight is 631 g/mol. The second-order valence-corrected chi connectivity index (χ2v) is 12.7. The predicted molar refractivity (Wildman–Crippen MR) is 162 cm³/mol. The zero-order valence-electron chi connectivity index (χ0n) is 23.4. The van der Waals surface area contributed by atoms with E-state index in [0.717, 1.165) is 31.7 Å². The van der Waals surface area contributed by atoms with Gasteiger partial charge in [0.1, 0.15) is 18.3 Å². The highest BCUT2D eigenvalue weighted by Crippen LogP contribution is 2.26. The molecule has 0 aliphatic rings. The number of rotatable bonds is 12. The van der Waals surface area contributed by atoms with Crippen molar-refractivity contribution >= 4 is 43.5 Å². The fraction of sp³-hybridized carbons (Fsp3) is 0.333. The molecule has 0 unspecified atom stereocenters. The standard InChI is InChI=1S/C30H36BrN3O5S/c1-21(2)32-30(36)28(18-23-10-7-6-8-11-23)33(19-24-12-9-13-26(17-24)39-4)29(35)20-34(40(5,37)38)25-14-15-27(31)22(3)16-25/h6-17,21,28H,18-20H2,1-5H3,(H,32,36)/t28-/m1/s1. The molecule has 1 atom stereocenters. The Labute approximate surface area is 245 Å². The van der Waals surface area contributed by atoms with Gasteiger partial charge in [-0.15, -0.1) is 0 Å². The van der Waals surface area contributed by atoms with Crippen LogP contribution in [0.4, 0.5) is 5.69 Å². The van der Waals surface area contributed by atoms with Crippen molar-refractivity contribution in [2.24, 2.45) is 0 Å². The minimum Gasteiger partial charge on any atom is -0.497 e. The van der Waals surface area contributed by atoms with E-state index in [4.69, 9.17) is 4.74 Å². The summed E-state index contributed by atoms with van der Waals surface area (Å²) in [6.07, 6.45) is 1.32. The zero-order valence-corrected chi connectivity index (χ0v) is 25.8. The van der Waals surface area contributed by atoms with Crippen molar-refractivity contribution in [2.75, 3.05) is 24.2 Å². The summed E-state index contributed by atoms with van der Waals surface area (Å²) >= 11 is 3.44. The fourth-order valence-corrected chi connectivity index (χ4v) is 5.39. The first-order valence-electron chi connectivity index (χ1n) is 12.9. The van der Waals surface area contributed by atoms with Crippen LogP contribution in [0.5, 0.6) is 5.75 Å². The minimum atomic E-state index is -3.83. The summed E-state index contributed by atoms with van der Waals surface area (Å²) in [4.78, 5) is 29.2. The van der Waals surface area contributed by atoms with Crippen LogP contribution in [-0.4, -0.2) is 57.1 Å². The summed E-state index contributed by atoms with van der Waals surface area (Å²) in [5.41, 5.74) is 2.81. The van der Waals surface area contributed by atoms with Gasteiger partial charge in [-0.25, -0.2) is 8.42 Å². The lowest BCUT2D eigenvalue weighted by Gasteiger charge is -2.34. The molecule has 3 aromatic carbocycles. The Morgan fingerprint density at radius 3 is 2.25 bits per heavy atom. The number of amides is 2. The zero-order chi connectivity index (χ0) is 29.4. The number of sulfonamides is 1. The van der Waals surface area contributed by atoms with Gasteiger partial charge in [-0.1, -0.05) is 58.4 Å². The highest BCUT2D eigenvalue weighted by Gasteiger charge is 2.33. The van der Waals surface area contributed by atoms with E-state index < -0.39 is 28.5 Å². The van der Waals surface area contributed by atoms with E-state index in [1.165, 1.54) is 4.90 Å². The van der Waals surface area contributed by atoms with E-state index in [1.807, 2.05) is 63.2 Å². The Morgan fingerprint density at radius 1 is 0.975 bits per heavy atom. The molecule has 40 heavy (non-hydrogen) atoms. The molecule has 8 nitrogen and oxygen atoms in total. The van der Waals surface area contributed by atoms with Crippen LogP contribution >= 0.6 is 15.9 Å². The average Bonchev–Trinajstić information content (AvgIpc) is 2.90. The van der Waals surface area contributed by atoms with Gasteiger partial charge in [0.05, 0.1) is 19.1 Å². The summed E-state index contributed by atoms with van der Waals surface area (Å²) in [7, 11) is -2.28. The Morgan fingerprint density at radius 2 is 1.65 bits per heavy atom. The molecule has 0 spiro atoms. The van der Waals surface area contributed by atoms with Crippen molar-refractivity contribution in [3.05, 3.63) is 94.0 Å². The van der Waals surface area contributed by atoms with Crippen molar-refractivity contribution in [3.8, 4) is 5.75 Å². The van der Waals surface area contributed by atoms with E-state index >= 15 is 0 Å². The van der Waals surface area contributed by atoms with Crippen LogP contribution in [0.2, 0.25) is 0 Å². The molecule has 10 heteroatoms. The lowest BCUT2D eigenvalue weighted by molar-refractivity contribution is -0.140. The van der Waals surface area contributed by atoms with E-state index in [2.05, 4.69) is 21.2 Å². The summed E-state index contributed by atoms with van der Waals surface area (Å²) in [6.45, 7) is 5.16. The van der Waals surface area contributed by atoms with E-state index in [9.17, 15) is 18.0 Å². The van der Waals surface area contributed by atoms with Crippen LogP contribution in [0.3, 0.4) is 0 Å². The molecule has 0 saturated heterocycles. The number of anilines is 1. The monoisotopic (exact) mass is 629 g/mol. The summed E-state index contributed by atoms with van der Waals surface area (Å²) < 4.78 is 33.1. The second kappa shape index (κ2) is 13.8. The molecule has 214 valence electrons. The Kier molecular flexibility index (Phi) is 10.8. The van der Waals surface area contributed by atoms with Crippen LogP contribution in [0, 0.1) is 6.92 Å². The van der Waals surface area contributed by atoms with Crippen LogP contribution in [0.25, 0.3) is 0 Å². The molecule has 0 heterocycles. The Hall–Kier alpha value is -3.37. The number of ether oxygens (including phenoxy) is 1. The predicted octanol–water partition coefficient (Wildman–Crippen LogP) is 4.70. The van der Waals surface area contributed by atoms with Crippen molar-refractivity contribution in [1.82, 2.24) is 10.2 Å². The second-order valence-electron chi connectivity index (χ2n) is 9.95. The quantitative estimate of drug-likeness (QED) is 0.313. The number of benzene rings is 3. The third-order valence-corrected chi connectivity index (χ3v) is 8.33. The largest absolute Gasteiger partial charge is 0.497 e. The third-order valence-electron chi connectivity index (χ3n) is 6.30. The lowest BCUT2D eigenvalue weighted by Crippen LogP contribution is -2.54. The van der Waals surface area contributed by atoms with Crippen LogP contribution < -0.4 is 14.4 Å². The van der Waals surface area contributed by atoms with Gasteiger partial charge in [0, 0.05) is 23.5 Å². The maximum atomic E-state index is 14.1. The molecule has 3 aromatic rings. The molecule has 0 radical (unpaired) electrons. The number of carbonyl (C=O) groups excluding carboxylic acids is 2. The van der Waals surface area contributed by atoms with Crippen LogP contribution in [0.15, 0.2) is 77.3 Å². The number of hydrogen-bond donors (Lipinski definition) is 1. The highest BCUT2D eigenvalue weighted by molar-refractivity contribution is 9.10. The number of nitrogens with zero attached hydrogens (tertiary/aromatic N) is 2. The van der Waals surface area contributed by atoms with Crippen LogP contribution in [0.1, 0.15) is 30.5 Å². The van der Waals surface area contributed by atoms with Crippen molar-refractivity contribution in [1.29, 1.82) is 0 Å². The van der Waals surface area contributed by atoms with Gasteiger partial charge in [-0.3, -0.25) is 13.9 Å². The summed E-state index contributed by atoms with van der Waals surface area (Å²) in [5.74, 6) is -0.214. The molecule has 2 amide bonds. The molecule has 0 aromatic heterocycles. The first kappa shape index (κ1) is 31.2. The normalized spacial score (nSPS) is 12.1. The van der Waals surface area contributed by atoms with Gasteiger partial charge >= 0.3 is 0 Å². The maximum absolute atomic E-state index is 14.1. The molecule has 3 rings (SSSR count). The van der Waals surface area contributed by atoms with Gasteiger partial charge in [0.25, 0.3) is 0 Å². The molecule has 0 bridgehead atoms. The van der Waals surface area contributed by atoms with Gasteiger partial charge in [-0.2, -0.15) is 0 Å². The third kappa shape index (κ3) is 8.56. The first-order valence-corrected chi connectivity index (χ1v) is 15.5. The lowest BCUT2D eigenvalue weighted by atomic mass is 10.0. The number of hydrogen-bond acceptors (Lipinski definition) is 5. The highest BCUT2D eigenvalue weighted by atomic mass is 79.9. The van der Waals surface area contributed by atoms with Crippen molar-refractivity contribution in [3.63, 3.8) is 0 Å². The van der Waals surface area contributed by atoms with Gasteiger partial charge in [0.2, 0.25) is 21.8 Å². The SMILES string of the molecule is COc1cccc(CN(C(=O)CN(c2ccc(Br)c(C)c2)S(C)(=O)=O)[C@H](Cc2ccccc2)C(=O)NC(C)C)c1.